The zero-order valence-electron chi connectivity index (χ0n) is 16.4. The Morgan fingerprint density at radius 2 is 1.97 bits per heavy atom. The van der Waals surface area contributed by atoms with Crippen molar-refractivity contribution in [1.82, 2.24) is 10.3 Å². The number of benzene rings is 2. The molecule has 0 saturated heterocycles. The summed E-state index contributed by atoms with van der Waals surface area (Å²) in [6.07, 6.45) is 9.65. The number of hydrogen-bond acceptors (Lipinski definition) is 3. The quantitative estimate of drug-likeness (QED) is 0.458. The van der Waals surface area contributed by atoms with E-state index in [0.717, 1.165) is 49.6 Å². The molecule has 1 aliphatic heterocycles. The number of H-pyrrole nitrogens is 1. The number of nitrogens with one attached hydrogen (secondary N) is 2. The fourth-order valence-electron chi connectivity index (χ4n) is 4.13. The van der Waals surface area contributed by atoms with Crippen LogP contribution in [0.3, 0.4) is 0 Å². The average molecular weight is 389 g/mol. The van der Waals surface area contributed by atoms with Crippen molar-refractivity contribution in [2.45, 2.75) is 38.1 Å². The Morgan fingerprint density at radius 3 is 2.76 bits per heavy atom. The predicted octanol–water partition coefficient (Wildman–Crippen LogP) is 4.13. The number of fused-ring (bicyclic) bond motifs is 1. The topological polar surface area (TPSA) is 91.1 Å². The van der Waals surface area contributed by atoms with Crippen molar-refractivity contribution in [1.29, 1.82) is 0 Å². The van der Waals surface area contributed by atoms with E-state index >= 15 is 0 Å². The van der Waals surface area contributed by atoms with E-state index in [1.54, 1.807) is 18.2 Å². The number of phenolic OH excluding ortho intramolecular Hbond substituents is 1. The number of hydrogen-bond donors (Lipinski definition) is 4. The Kier molecular flexibility index (Phi) is 5.67. The van der Waals surface area contributed by atoms with Gasteiger partial charge in [0.1, 0.15) is 5.75 Å². The van der Waals surface area contributed by atoms with Gasteiger partial charge in [0.05, 0.1) is 0 Å². The summed E-state index contributed by atoms with van der Waals surface area (Å²) in [5.74, 6) is -0.0834. The molecule has 0 fully saturated rings. The lowest BCUT2D eigenvalue weighted by Crippen LogP contribution is -2.32. The fraction of sp³-hybridized carbons (Fsp3) is 0.292. The molecule has 0 bridgehead atoms. The van der Waals surface area contributed by atoms with Gasteiger partial charge in [-0.25, -0.2) is 0 Å². The molecule has 1 aromatic heterocycles. The highest BCUT2D eigenvalue weighted by atomic mass is 16.3. The van der Waals surface area contributed by atoms with E-state index in [0.29, 0.717) is 17.4 Å². The van der Waals surface area contributed by atoms with Gasteiger partial charge in [0, 0.05) is 35.2 Å². The summed E-state index contributed by atoms with van der Waals surface area (Å²) in [5.41, 5.74) is 10.8. The van der Waals surface area contributed by atoms with Crippen molar-refractivity contribution in [3.63, 3.8) is 0 Å². The number of phenols is 1. The van der Waals surface area contributed by atoms with Crippen molar-refractivity contribution >= 4 is 22.4 Å². The molecule has 5 heteroatoms. The third kappa shape index (κ3) is 4.51. The molecule has 2 aromatic carbocycles. The second-order valence-electron chi connectivity index (χ2n) is 7.77. The Hall–Kier alpha value is -3.05. The maximum absolute atomic E-state index is 11.4. The number of carbonyl (C=O) groups is 1. The zero-order valence-corrected chi connectivity index (χ0v) is 16.4. The molecule has 1 atom stereocenters. The molecule has 5 N–H and O–H groups in total. The molecular weight excluding hydrogens is 362 g/mol. The average Bonchev–Trinajstić information content (AvgIpc) is 3.14. The van der Waals surface area contributed by atoms with Gasteiger partial charge in [-0.2, -0.15) is 0 Å². The number of aryl methyl sites for hydroxylation is 1. The smallest absolute Gasteiger partial charge is 0.248 e. The van der Waals surface area contributed by atoms with Crippen LogP contribution < -0.4 is 11.1 Å². The van der Waals surface area contributed by atoms with Gasteiger partial charge in [0.2, 0.25) is 5.91 Å². The number of aromatic amines is 1. The van der Waals surface area contributed by atoms with Crippen LogP contribution in [-0.2, 0) is 6.42 Å². The summed E-state index contributed by atoms with van der Waals surface area (Å²) in [6.45, 7) is 0.888. The fourth-order valence-corrected chi connectivity index (χ4v) is 4.13. The highest BCUT2D eigenvalue weighted by molar-refractivity contribution is 5.97. The molecule has 150 valence electrons. The number of primary amides is 1. The van der Waals surface area contributed by atoms with E-state index in [1.807, 2.05) is 30.5 Å². The van der Waals surface area contributed by atoms with Gasteiger partial charge in [0.25, 0.3) is 0 Å². The summed E-state index contributed by atoms with van der Waals surface area (Å²) in [4.78, 5) is 14.7. The molecule has 0 aliphatic carbocycles. The standard InChI is InChI=1S/C24H27N3O2/c25-24(29)18-7-10-23-22(14-18)19(15-27-23)3-1-2-4-20-13-17(11-12-26-20)16-5-8-21(28)9-6-16/h5-11,14-15,20,26-28H,1-4,12-13H2,(H2,25,29). The zero-order chi connectivity index (χ0) is 20.2. The van der Waals surface area contributed by atoms with Gasteiger partial charge >= 0.3 is 0 Å². The Balaban J connectivity index is 1.30. The molecule has 1 amide bonds. The second kappa shape index (κ2) is 8.53. The van der Waals surface area contributed by atoms with Crippen molar-refractivity contribution in [3.8, 4) is 5.75 Å². The van der Waals surface area contributed by atoms with Crippen LogP contribution in [0.4, 0.5) is 0 Å². The minimum absolute atomic E-state index is 0.306. The summed E-state index contributed by atoms with van der Waals surface area (Å²) < 4.78 is 0. The molecular formula is C24H27N3O2. The van der Waals surface area contributed by atoms with Crippen LogP contribution in [0.15, 0.2) is 54.7 Å². The summed E-state index contributed by atoms with van der Waals surface area (Å²) in [7, 11) is 0. The lowest BCUT2D eigenvalue weighted by atomic mass is 9.92. The number of carbonyl (C=O) groups excluding carboxylic acids is 1. The maximum Gasteiger partial charge on any atom is 0.248 e. The highest BCUT2D eigenvalue weighted by Crippen LogP contribution is 2.26. The molecule has 0 spiro atoms. The minimum atomic E-state index is -0.389. The van der Waals surface area contributed by atoms with Crippen LogP contribution in [0, 0.1) is 0 Å². The van der Waals surface area contributed by atoms with E-state index in [4.69, 9.17) is 5.73 Å². The summed E-state index contributed by atoms with van der Waals surface area (Å²) in [5, 5.41) is 14.2. The Labute approximate surface area is 170 Å². The molecule has 29 heavy (non-hydrogen) atoms. The normalized spacial score (nSPS) is 16.7. The largest absolute Gasteiger partial charge is 0.508 e. The van der Waals surface area contributed by atoms with Gasteiger partial charge in [0.15, 0.2) is 0 Å². The molecule has 1 aliphatic rings. The first-order valence-electron chi connectivity index (χ1n) is 10.2. The van der Waals surface area contributed by atoms with Crippen LogP contribution in [0.25, 0.3) is 16.5 Å². The SMILES string of the molecule is NC(=O)c1ccc2[nH]cc(CCCCC3CC(c4ccc(O)cc4)=CCN3)c2c1. The molecule has 2 heterocycles. The van der Waals surface area contributed by atoms with Crippen LogP contribution in [0.5, 0.6) is 5.75 Å². The first-order chi connectivity index (χ1) is 14.1. The van der Waals surface area contributed by atoms with Gasteiger partial charge in [-0.1, -0.05) is 24.6 Å². The van der Waals surface area contributed by atoms with Crippen LogP contribution in [-0.4, -0.2) is 28.6 Å². The lowest BCUT2D eigenvalue weighted by molar-refractivity contribution is 0.100. The van der Waals surface area contributed by atoms with E-state index < -0.39 is 0 Å². The molecule has 1 unspecified atom stereocenters. The van der Waals surface area contributed by atoms with Crippen molar-refractivity contribution in [2.75, 3.05) is 6.54 Å². The van der Waals surface area contributed by atoms with Crippen molar-refractivity contribution < 1.29 is 9.90 Å². The Morgan fingerprint density at radius 1 is 1.14 bits per heavy atom. The molecule has 3 aromatic rings. The van der Waals surface area contributed by atoms with Gasteiger partial charge in [-0.3, -0.25) is 4.79 Å². The lowest BCUT2D eigenvalue weighted by Gasteiger charge is -2.24. The van der Waals surface area contributed by atoms with E-state index in [2.05, 4.69) is 16.4 Å². The number of nitrogens with two attached hydrogens (primary N) is 1. The predicted molar refractivity (Wildman–Crippen MR) is 117 cm³/mol. The van der Waals surface area contributed by atoms with Crippen LogP contribution >= 0.6 is 0 Å². The molecule has 5 nitrogen and oxygen atoms in total. The second-order valence-corrected chi connectivity index (χ2v) is 7.77. The number of aromatic nitrogens is 1. The van der Waals surface area contributed by atoms with Gasteiger partial charge < -0.3 is 21.1 Å². The number of aromatic hydroxyl groups is 1. The van der Waals surface area contributed by atoms with Gasteiger partial charge in [-0.15, -0.1) is 0 Å². The third-order valence-electron chi connectivity index (χ3n) is 5.76. The van der Waals surface area contributed by atoms with E-state index in [1.165, 1.54) is 16.7 Å². The number of unbranched alkanes of at least 4 members (excludes halogenated alkanes) is 1. The number of amides is 1. The third-order valence-corrected chi connectivity index (χ3v) is 5.76. The molecule has 4 rings (SSSR count). The highest BCUT2D eigenvalue weighted by Gasteiger charge is 2.16. The maximum atomic E-state index is 11.4. The van der Waals surface area contributed by atoms with Crippen LogP contribution in [0.2, 0.25) is 0 Å². The van der Waals surface area contributed by atoms with Crippen LogP contribution in [0.1, 0.15) is 47.2 Å². The van der Waals surface area contributed by atoms with E-state index in [9.17, 15) is 9.90 Å². The molecule has 0 radical (unpaired) electrons. The van der Waals surface area contributed by atoms with Gasteiger partial charge in [-0.05, 0) is 72.7 Å². The number of rotatable bonds is 7. The summed E-state index contributed by atoms with van der Waals surface area (Å²) >= 11 is 0. The first kappa shape index (κ1) is 19.3. The van der Waals surface area contributed by atoms with Crippen molar-refractivity contribution in [2.24, 2.45) is 5.73 Å². The summed E-state index contributed by atoms with van der Waals surface area (Å²) in [6, 6.07) is 13.5. The van der Waals surface area contributed by atoms with Crippen molar-refractivity contribution in [3.05, 3.63) is 71.4 Å². The monoisotopic (exact) mass is 389 g/mol. The first-order valence-corrected chi connectivity index (χ1v) is 10.2. The minimum Gasteiger partial charge on any atom is -0.508 e. The molecule has 0 saturated carbocycles. The van der Waals surface area contributed by atoms with E-state index in [-0.39, 0.29) is 5.91 Å². The Bertz CT molecular complexity index is 1030.